The summed E-state index contributed by atoms with van der Waals surface area (Å²) in [5.74, 6) is 0. The average molecular weight is 192 g/mol. The first-order valence-electron chi connectivity index (χ1n) is 3.96. The van der Waals surface area contributed by atoms with Crippen LogP contribution in [0.4, 0.5) is 0 Å². The lowest BCUT2D eigenvalue weighted by Crippen LogP contribution is -2.05. The van der Waals surface area contributed by atoms with E-state index in [1.807, 2.05) is 0 Å². The summed E-state index contributed by atoms with van der Waals surface area (Å²) < 4.78 is 25.7. The van der Waals surface area contributed by atoms with Gasteiger partial charge in [0.15, 0.2) is 0 Å². The van der Waals surface area contributed by atoms with Gasteiger partial charge in [0.05, 0.1) is 12.9 Å². The Morgan fingerprint density at radius 1 is 1.50 bits per heavy atom. The Hall–Kier alpha value is -0.350. The van der Waals surface area contributed by atoms with E-state index in [4.69, 9.17) is 0 Å². The molecule has 0 rings (SSSR count). The summed E-state index contributed by atoms with van der Waals surface area (Å²) in [6.45, 7) is 5.90. The Balaban J connectivity index is 3.58. The molecule has 0 atom stereocenters. The average Bonchev–Trinajstić information content (AvgIpc) is 1.95. The lowest BCUT2D eigenvalue weighted by atomic mass is 10.1. The SMILES string of the molecule is C=C(CCCC)COS(C)(=O)=O. The number of hydrogen-bond acceptors (Lipinski definition) is 3. The topological polar surface area (TPSA) is 43.4 Å². The standard InChI is InChI=1S/C8H16O3S/c1-4-5-6-8(2)7-11-12(3,9)10/h2,4-7H2,1,3H3. The van der Waals surface area contributed by atoms with Crippen molar-refractivity contribution in [1.29, 1.82) is 0 Å². The van der Waals surface area contributed by atoms with Crippen molar-refractivity contribution in [3.63, 3.8) is 0 Å². The Bertz CT molecular complexity index is 229. The third-order valence-corrected chi connectivity index (χ3v) is 1.91. The van der Waals surface area contributed by atoms with E-state index < -0.39 is 10.1 Å². The Morgan fingerprint density at radius 2 is 2.08 bits per heavy atom. The smallest absolute Gasteiger partial charge is 0.264 e. The summed E-state index contributed by atoms with van der Waals surface area (Å²) in [6.07, 6.45) is 4.00. The first-order chi connectivity index (χ1) is 5.45. The van der Waals surface area contributed by atoms with Crippen LogP contribution in [0.2, 0.25) is 0 Å². The Labute approximate surface area is 74.6 Å². The zero-order valence-corrected chi connectivity index (χ0v) is 8.49. The van der Waals surface area contributed by atoms with Crippen molar-refractivity contribution in [3.8, 4) is 0 Å². The molecule has 0 aliphatic carbocycles. The van der Waals surface area contributed by atoms with E-state index in [1.54, 1.807) is 0 Å². The van der Waals surface area contributed by atoms with Crippen LogP contribution in [-0.4, -0.2) is 21.3 Å². The van der Waals surface area contributed by atoms with Gasteiger partial charge in [-0.3, -0.25) is 4.18 Å². The molecular weight excluding hydrogens is 176 g/mol. The zero-order valence-electron chi connectivity index (χ0n) is 7.67. The molecule has 0 radical (unpaired) electrons. The maximum Gasteiger partial charge on any atom is 0.264 e. The van der Waals surface area contributed by atoms with E-state index in [1.165, 1.54) is 0 Å². The minimum absolute atomic E-state index is 0.124. The summed E-state index contributed by atoms with van der Waals surface area (Å²) in [5.41, 5.74) is 0.835. The second kappa shape index (κ2) is 5.32. The molecule has 0 spiro atoms. The fourth-order valence-electron chi connectivity index (χ4n) is 0.689. The first kappa shape index (κ1) is 11.6. The molecule has 0 aliphatic rings. The summed E-state index contributed by atoms with van der Waals surface area (Å²) in [5, 5.41) is 0. The molecule has 3 nitrogen and oxygen atoms in total. The zero-order chi connectivity index (χ0) is 9.61. The van der Waals surface area contributed by atoms with E-state index in [0.717, 1.165) is 31.1 Å². The van der Waals surface area contributed by atoms with Gasteiger partial charge in [-0.2, -0.15) is 8.42 Å². The molecule has 0 heterocycles. The minimum Gasteiger partial charge on any atom is -0.266 e. The summed E-state index contributed by atoms with van der Waals surface area (Å²) in [6, 6.07) is 0. The minimum atomic E-state index is -3.31. The van der Waals surface area contributed by atoms with Crippen LogP contribution in [0.3, 0.4) is 0 Å². The lowest BCUT2D eigenvalue weighted by molar-refractivity contribution is 0.348. The van der Waals surface area contributed by atoms with Gasteiger partial charge in [0.1, 0.15) is 0 Å². The molecule has 12 heavy (non-hydrogen) atoms. The van der Waals surface area contributed by atoms with Gasteiger partial charge in [-0.05, 0) is 12.8 Å². The molecule has 0 N–H and O–H groups in total. The maximum absolute atomic E-state index is 10.5. The van der Waals surface area contributed by atoms with E-state index in [0.29, 0.717) is 0 Å². The van der Waals surface area contributed by atoms with Crippen LogP contribution in [-0.2, 0) is 14.3 Å². The van der Waals surface area contributed by atoms with Crippen LogP contribution in [0, 0.1) is 0 Å². The summed E-state index contributed by atoms with van der Waals surface area (Å²) in [7, 11) is -3.31. The van der Waals surface area contributed by atoms with Gasteiger partial charge in [-0.25, -0.2) is 0 Å². The van der Waals surface area contributed by atoms with Crippen molar-refractivity contribution in [2.75, 3.05) is 12.9 Å². The van der Waals surface area contributed by atoms with Crippen LogP contribution in [0.1, 0.15) is 26.2 Å². The van der Waals surface area contributed by atoms with Crippen molar-refractivity contribution in [2.45, 2.75) is 26.2 Å². The molecule has 0 fully saturated rings. The molecule has 0 saturated heterocycles. The molecule has 0 saturated carbocycles. The van der Waals surface area contributed by atoms with E-state index >= 15 is 0 Å². The first-order valence-corrected chi connectivity index (χ1v) is 5.78. The maximum atomic E-state index is 10.5. The van der Waals surface area contributed by atoms with Crippen LogP contribution < -0.4 is 0 Å². The van der Waals surface area contributed by atoms with E-state index in [9.17, 15) is 8.42 Å². The van der Waals surface area contributed by atoms with Crippen LogP contribution in [0.5, 0.6) is 0 Å². The fourth-order valence-corrected chi connectivity index (χ4v) is 1.07. The molecule has 4 heteroatoms. The molecule has 0 amide bonds. The Kier molecular flexibility index (Phi) is 5.17. The van der Waals surface area contributed by atoms with Crippen molar-refractivity contribution in [2.24, 2.45) is 0 Å². The molecular formula is C8H16O3S. The van der Waals surface area contributed by atoms with E-state index in [-0.39, 0.29) is 6.61 Å². The molecule has 0 unspecified atom stereocenters. The summed E-state index contributed by atoms with van der Waals surface area (Å²) >= 11 is 0. The number of hydrogen-bond donors (Lipinski definition) is 0. The Morgan fingerprint density at radius 3 is 2.50 bits per heavy atom. The highest BCUT2D eigenvalue weighted by atomic mass is 32.2. The summed E-state index contributed by atoms with van der Waals surface area (Å²) in [4.78, 5) is 0. The lowest BCUT2D eigenvalue weighted by Gasteiger charge is -2.03. The van der Waals surface area contributed by atoms with Crippen LogP contribution in [0.15, 0.2) is 12.2 Å². The quantitative estimate of drug-likeness (QED) is 0.475. The number of unbranched alkanes of at least 4 members (excludes halogenated alkanes) is 1. The third kappa shape index (κ3) is 7.75. The monoisotopic (exact) mass is 192 g/mol. The van der Waals surface area contributed by atoms with Gasteiger partial charge in [-0.1, -0.05) is 25.5 Å². The molecule has 0 bridgehead atoms. The van der Waals surface area contributed by atoms with Gasteiger partial charge < -0.3 is 0 Å². The second-order valence-corrected chi connectivity index (χ2v) is 4.46. The van der Waals surface area contributed by atoms with Crippen molar-refractivity contribution in [1.82, 2.24) is 0 Å². The van der Waals surface area contributed by atoms with Crippen LogP contribution in [0.25, 0.3) is 0 Å². The normalized spacial score (nSPS) is 11.5. The highest BCUT2D eigenvalue weighted by molar-refractivity contribution is 7.85. The van der Waals surface area contributed by atoms with Gasteiger partial charge in [0.25, 0.3) is 10.1 Å². The third-order valence-electron chi connectivity index (χ3n) is 1.36. The van der Waals surface area contributed by atoms with E-state index in [2.05, 4.69) is 17.7 Å². The largest absolute Gasteiger partial charge is 0.266 e. The molecule has 0 aromatic carbocycles. The van der Waals surface area contributed by atoms with Crippen molar-refractivity contribution < 1.29 is 12.6 Å². The highest BCUT2D eigenvalue weighted by Crippen LogP contribution is 2.05. The van der Waals surface area contributed by atoms with Gasteiger partial charge in [-0.15, -0.1) is 0 Å². The molecule has 0 aromatic heterocycles. The van der Waals surface area contributed by atoms with Gasteiger partial charge >= 0.3 is 0 Å². The molecule has 0 aromatic rings. The molecule has 72 valence electrons. The van der Waals surface area contributed by atoms with Gasteiger partial charge in [0, 0.05) is 0 Å². The molecule has 0 aliphatic heterocycles. The highest BCUT2D eigenvalue weighted by Gasteiger charge is 2.02. The van der Waals surface area contributed by atoms with Crippen molar-refractivity contribution >= 4 is 10.1 Å². The van der Waals surface area contributed by atoms with Crippen LogP contribution >= 0.6 is 0 Å². The van der Waals surface area contributed by atoms with Gasteiger partial charge in [0.2, 0.25) is 0 Å². The predicted molar refractivity (Wildman–Crippen MR) is 49.5 cm³/mol. The second-order valence-electron chi connectivity index (χ2n) is 2.82. The predicted octanol–water partition coefficient (Wildman–Crippen LogP) is 1.71. The van der Waals surface area contributed by atoms with Crippen molar-refractivity contribution in [3.05, 3.63) is 12.2 Å². The number of rotatable bonds is 6. The fraction of sp³-hybridized carbons (Fsp3) is 0.750.